The van der Waals surface area contributed by atoms with Gasteiger partial charge >= 0.3 is 0 Å². The Morgan fingerprint density at radius 2 is 2.25 bits per heavy atom. The van der Waals surface area contributed by atoms with Crippen molar-refractivity contribution in [3.05, 3.63) is 52.2 Å². The fourth-order valence-electron chi connectivity index (χ4n) is 3.31. The van der Waals surface area contributed by atoms with Crippen LogP contribution in [0.5, 0.6) is 0 Å². The quantitative estimate of drug-likeness (QED) is 0.936. The van der Waals surface area contributed by atoms with Gasteiger partial charge in [0.15, 0.2) is 0 Å². The van der Waals surface area contributed by atoms with Crippen molar-refractivity contribution in [3.63, 3.8) is 0 Å². The summed E-state index contributed by atoms with van der Waals surface area (Å²) in [5.41, 5.74) is 1.09. The van der Waals surface area contributed by atoms with Gasteiger partial charge in [0.05, 0.1) is 6.04 Å². The smallest absolute Gasteiger partial charge is 0.254 e. The first kappa shape index (κ1) is 16.5. The number of carbonyl (C=O) groups is 1. The molecule has 3 heterocycles. The molecule has 0 radical (unpaired) electrons. The summed E-state index contributed by atoms with van der Waals surface area (Å²) in [5.74, 6) is 0.355. The summed E-state index contributed by atoms with van der Waals surface area (Å²) in [6.07, 6.45) is 6.41. The lowest BCUT2D eigenvalue weighted by atomic mass is 10.0. The standard InChI is InChI=1S/C18H24N4O2/c1-13(2)9-15-10-14(11-17(23)20-15)18(24)21-7-3-5-16(12-21)22-8-4-6-19-22/h4,6,8,10-11,13,16H,3,5,7,9,12H2,1-2H3,(H,20,23). The maximum Gasteiger partial charge on any atom is 0.254 e. The monoisotopic (exact) mass is 328 g/mol. The first-order valence-corrected chi connectivity index (χ1v) is 8.54. The second-order valence-corrected chi connectivity index (χ2v) is 6.89. The van der Waals surface area contributed by atoms with Crippen molar-refractivity contribution in [2.24, 2.45) is 5.92 Å². The van der Waals surface area contributed by atoms with Crippen LogP contribution in [-0.4, -0.2) is 38.7 Å². The number of H-pyrrole nitrogens is 1. The lowest BCUT2D eigenvalue weighted by Gasteiger charge is -2.33. The summed E-state index contributed by atoms with van der Waals surface area (Å²) < 4.78 is 1.92. The van der Waals surface area contributed by atoms with Crippen LogP contribution in [0.1, 0.15) is 48.8 Å². The van der Waals surface area contributed by atoms with Gasteiger partial charge in [-0.1, -0.05) is 13.8 Å². The highest BCUT2D eigenvalue weighted by Crippen LogP contribution is 2.22. The number of nitrogens with one attached hydrogen (secondary N) is 1. The Labute approximate surface area is 141 Å². The zero-order valence-corrected chi connectivity index (χ0v) is 14.2. The van der Waals surface area contributed by atoms with Crippen molar-refractivity contribution < 1.29 is 4.79 Å². The van der Waals surface area contributed by atoms with Gasteiger partial charge in [-0.05, 0) is 37.3 Å². The Morgan fingerprint density at radius 1 is 1.42 bits per heavy atom. The fraction of sp³-hybridized carbons (Fsp3) is 0.500. The second-order valence-electron chi connectivity index (χ2n) is 6.89. The number of carbonyl (C=O) groups excluding carboxylic acids is 1. The van der Waals surface area contributed by atoms with Gasteiger partial charge in [-0.2, -0.15) is 5.10 Å². The van der Waals surface area contributed by atoms with Crippen molar-refractivity contribution in [3.8, 4) is 0 Å². The molecule has 1 amide bonds. The maximum absolute atomic E-state index is 12.8. The van der Waals surface area contributed by atoms with Crippen LogP contribution in [-0.2, 0) is 6.42 Å². The average Bonchev–Trinajstić information content (AvgIpc) is 3.07. The highest BCUT2D eigenvalue weighted by molar-refractivity contribution is 5.94. The number of hydrogen-bond donors (Lipinski definition) is 1. The zero-order valence-electron chi connectivity index (χ0n) is 14.2. The Kier molecular flexibility index (Phi) is 4.83. The normalized spacial score (nSPS) is 18.1. The van der Waals surface area contributed by atoms with Gasteiger partial charge in [0.2, 0.25) is 5.56 Å². The Bertz CT molecular complexity index is 749. The largest absolute Gasteiger partial charge is 0.336 e. The van der Waals surface area contributed by atoms with Crippen LogP contribution in [0.25, 0.3) is 0 Å². The van der Waals surface area contributed by atoms with Crippen LogP contribution in [0.2, 0.25) is 0 Å². The second kappa shape index (κ2) is 7.03. The van der Waals surface area contributed by atoms with E-state index in [1.807, 2.05) is 27.9 Å². The number of hydrogen-bond acceptors (Lipinski definition) is 3. The molecule has 3 rings (SSSR count). The molecule has 2 aromatic rings. The van der Waals surface area contributed by atoms with E-state index in [0.29, 0.717) is 18.0 Å². The number of piperidine rings is 1. The summed E-state index contributed by atoms with van der Waals surface area (Å²) in [6, 6.07) is 5.33. The molecule has 2 aromatic heterocycles. The van der Waals surface area contributed by atoms with E-state index in [4.69, 9.17) is 0 Å². The van der Waals surface area contributed by atoms with E-state index in [2.05, 4.69) is 23.9 Å². The molecule has 1 saturated heterocycles. The Hall–Kier alpha value is -2.37. The molecular formula is C18H24N4O2. The van der Waals surface area contributed by atoms with Crippen molar-refractivity contribution in [1.29, 1.82) is 0 Å². The molecule has 0 aromatic carbocycles. The van der Waals surface area contributed by atoms with Gasteiger partial charge in [-0.3, -0.25) is 14.3 Å². The van der Waals surface area contributed by atoms with E-state index in [-0.39, 0.29) is 17.5 Å². The zero-order chi connectivity index (χ0) is 17.1. The molecule has 1 atom stereocenters. The van der Waals surface area contributed by atoms with Gasteiger partial charge in [-0.25, -0.2) is 0 Å². The molecular weight excluding hydrogens is 304 g/mol. The summed E-state index contributed by atoms with van der Waals surface area (Å²) in [5, 5.41) is 4.29. The predicted octanol–water partition coefficient (Wildman–Crippen LogP) is 2.25. The first-order chi connectivity index (χ1) is 11.5. The lowest BCUT2D eigenvalue weighted by Crippen LogP contribution is -2.41. The topological polar surface area (TPSA) is 71.0 Å². The minimum Gasteiger partial charge on any atom is -0.336 e. The van der Waals surface area contributed by atoms with Gasteiger partial charge in [0.1, 0.15) is 0 Å². The summed E-state index contributed by atoms with van der Waals surface area (Å²) in [6.45, 7) is 5.54. The SMILES string of the molecule is CC(C)Cc1cc(C(=O)N2CCCC(n3cccn3)C2)cc(=O)[nH]1. The van der Waals surface area contributed by atoms with Gasteiger partial charge in [0.25, 0.3) is 5.91 Å². The van der Waals surface area contributed by atoms with Gasteiger partial charge in [-0.15, -0.1) is 0 Å². The number of nitrogens with zero attached hydrogens (tertiary/aromatic N) is 3. The van der Waals surface area contributed by atoms with Crippen molar-refractivity contribution >= 4 is 5.91 Å². The Balaban J connectivity index is 1.78. The van der Waals surface area contributed by atoms with Crippen LogP contribution < -0.4 is 5.56 Å². The summed E-state index contributed by atoms with van der Waals surface area (Å²) in [7, 11) is 0. The van der Waals surface area contributed by atoms with E-state index >= 15 is 0 Å². The molecule has 6 nitrogen and oxygen atoms in total. The molecule has 0 saturated carbocycles. The number of amides is 1. The molecule has 0 bridgehead atoms. The number of rotatable bonds is 4. The molecule has 1 N–H and O–H groups in total. The molecule has 0 spiro atoms. The number of likely N-dealkylation sites (tertiary alicyclic amines) is 1. The predicted molar refractivity (Wildman–Crippen MR) is 92.0 cm³/mol. The third kappa shape index (κ3) is 3.75. The molecule has 6 heteroatoms. The van der Waals surface area contributed by atoms with E-state index in [9.17, 15) is 9.59 Å². The minimum absolute atomic E-state index is 0.0667. The van der Waals surface area contributed by atoms with Gasteiger partial charge < -0.3 is 9.88 Å². The average molecular weight is 328 g/mol. The molecule has 1 aliphatic rings. The van der Waals surface area contributed by atoms with E-state index < -0.39 is 0 Å². The van der Waals surface area contributed by atoms with Crippen LogP contribution in [0.15, 0.2) is 35.4 Å². The molecule has 1 unspecified atom stereocenters. The van der Waals surface area contributed by atoms with Gasteiger partial charge in [0, 0.05) is 42.8 Å². The van der Waals surface area contributed by atoms with Crippen LogP contribution in [0.3, 0.4) is 0 Å². The van der Waals surface area contributed by atoms with Crippen molar-refractivity contribution in [2.75, 3.05) is 13.1 Å². The molecule has 1 aliphatic heterocycles. The summed E-state index contributed by atoms with van der Waals surface area (Å²) >= 11 is 0. The first-order valence-electron chi connectivity index (χ1n) is 8.54. The van der Waals surface area contributed by atoms with Crippen LogP contribution >= 0.6 is 0 Å². The minimum atomic E-state index is -0.211. The Morgan fingerprint density at radius 3 is 2.96 bits per heavy atom. The van der Waals surface area contributed by atoms with Crippen LogP contribution in [0, 0.1) is 5.92 Å². The van der Waals surface area contributed by atoms with Crippen molar-refractivity contribution in [1.82, 2.24) is 19.7 Å². The summed E-state index contributed by atoms with van der Waals surface area (Å²) in [4.78, 5) is 29.4. The number of aromatic amines is 1. The molecule has 1 fully saturated rings. The van der Waals surface area contributed by atoms with Crippen molar-refractivity contribution in [2.45, 2.75) is 39.2 Å². The molecule has 24 heavy (non-hydrogen) atoms. The third-order valence-corrected chi connectivity index (χ3v) is 4.36. The number of pyridine rings is 1. The van der Waals surface area contributed by atoms with E-state index in [1.165, 1.54) is 6.07 Å². The maximum atomic E-state index is 12.8. The highest BCUT2D eigenvalue weighted by Gasteiger charge is 2.26. The third-order valence-electron chi connectivity index (χ3n) is 4.36. The lowest BCUT2D eigenvalue weighted by molar-refractivity contribution is 0.0672. The highest BCUT2D eigenvalue weighted by atomic mass is 16.2. The van der Waals surface area contributed by atoms with Crippen LogP contribution in [0.4, 0.5) is 0 Å². The van der Waals surface area contributed by atoms with E-state index in [1.54, 1.807) is 6.20 Å². The fourth-order valence-corrected chi connectivity index (χ4v) is 3.31. The van der Waals surface area contributed by atoms with E-state index in [0.717, 1.165) is 31.5 Å². The molecule has 128 valence electrons. The number of aromatic nitrogens is 3. The molecule has 0 aliphatic carbocycles.